The van der Waals surface area contributed by atoms with Crippen LogP contribution < -0.4 is 10.6 Å². The van der Waals surface area contributed by atoms with E-state index in [2.05, 4.69) is 39.8 Å². The van der Waals surface area contributed by atoms with Gasteiger partial charge in [0.25, 0.3) is 0 Å². The molecule has 2 aliphatic rings. The van der Waals surface area contributed by atoms with Crippen molar-refractivity contribution in [1.29, 1.82) is 0 Å². The Kier molecular flexibility index (Phi) is 8.50. The van der Waals surface area contributed by atoms with E-state index in [4.69, 9.17) is 4.74 Å². The van der Waals surface area contributed by atoms with Gasteiger partial charge in [0.2, 0.25) is 5.91 Å². The number of hydrogen-bond donors (Lipinski definition) is 2. The zero-order chi connectivity index (χ0) is 21.4. The lowest BCUT2D eigenvalue weighted by Crippen LogP contribution is -2.48. The van der Waals surface area contributed by atoms with E-state index in [1.807, 2.05) is 34.9 Å². The number of carbonyl (C=O) groups excluding carboxylic acids is 2. The minimum Gasteiger partial charge on any atom is -0.444 e. The molecule has 0 saturated heterocycles. The van der Waals surface area contributed by atoms with Crippen LogP contribution in [0.1, 0.15) is 52.9 Å². The summed E-state index contributed by atoms with van der Waals surface area (Å²) in [5, 5.41) is 5.76. The zero-order valence-corrected chi connectivity index (χ0v) is 18.6. The number of allylic oxidation sites excluding steroid dienone is 3. The lowest BCUT2D eigenvalue weighted by molar-refractivity contribution is -0.123. The first kappa shape index (κ1) is 23.2. The number of nitrogens with zero attached hydrogens (tertiary/aromatic N) is 1. The molecule has 0 aromatic carbocycles. The first-order chi connectivity index (χ1) is 13.6. The van der Waals surface area contributed by atoms with E-state index < -0.39 is 17.7 Å². The Hall–Kier alpha value is -2.08. The third kappa shape index (κ3) is 9.79. The molecule has 0 heterocycles. The van der Waals surface area contributed by atoms with Crippen LogP contribution in [-0.4, -0.2) is 55.7 Å². The number of amides is 2. The van der Waals surface area contributed by atoms with Crippen molar-refractivity contribution >= 4 is 12.0 Å². The monoisotopic (exact) mass is 403 g/mol. The number of ether oxygens (including phenoxy) is 1. The van der Waals surface area contributed by atoms with Gasteiger partial charge in [-0.3, -0.25) is 4.79 Å². The van der Waals surface area contributed by atoms with Crippen LogP contribution >= 0.6 is 0 Å². The molecule has 0 radical (unpaired) electrons. The van der Waals surface area contributed by atoms with Crippen LogP contribution in [0.4, 0.5) is 4.79 Å². The summed E-state index contributed by atoms with van der Waals surface area (Å²) in [6, 6.07) is -0.563. The summed E-state index contributed by atoms with van der Waals surface area (Å²) in [6.07, 6.45) is 12.8. The van der Waals surface area contributed by atoms with Crippen LogP contribution in [0, 0.1) is 5.92 Å². The Balaban J connectivity index is 1.90. The van der Waals surface area contributed by atoms with Gasteiger partial charge in [0.1, 0.15) is 11.6 Å². The first-order valence-corrected chi connectivity index (χ1v) is 10.6. The predicted molar refractivity (Wildman–Crippen MR) is 117 cm³/mol. The van der Waals surface area contributed by atoms with E-state index >= 15 is 0 Å². The van der Waals surface area contributed by atoms with Crippen molar-refractivity contribution in [1.82, 2.24) is 15.5 Å². The third-order valence-corrected chi connectivity index (χ3v) is 4.80. The third-order valence-electron chi connectivity index (χ3n) is 4.80. The Morgan fingerprint density at radius 3 is 2.59 bits per heavy atom. The topological polar surface area (TPSA) is 70.7 Å². The van der Waals surface area contributed by atoms with E-state index in [9.17, 15) is 9.59 Å². The number of likely N-dealkylation sites (N-methyl/N-ethyl adjacent to an activating group) is 1. The van der Waals surface area contributed by atoms with Crippen LogP contribution in [0.5, 0.6) is 0 Å². The van der Waals surface area contributed by atoms with E-state index in [1.54, 1.807) is 0 Å². The summed E-state index contributed by atoms with van der Waals surface area (Å²) < 4.78 is 5.33. The fourth-order valence-electron chi connectivity index (χ4n) is 3.16. The molecule has 1 fully saturated rings. The summed E-state index contributed by atoms with van der Waals surface area (Å²) in [5.41, 5.74) is 1.79. The average Bonchev–Trinajstić information content (AvgIpc) is 3.42. The molecule has 2 N–H and O–H groups in total. The highest BCUT2D eigenvalue weighted by Gasteiger charge is 2.28. The summed E-state index contributed by atoms with van der Waals surface area (Å²) in [5.74, 6) is 0.545. The molecule has 1 atom stereocenters. The van der Waals surface area contributed by atoms with Gasteiger partial charge < -0.3 is 20.3 Å². The minimum atomic E-state index is -0.588. The maximum absolute atomic E-state index is 12.8. The Bertz CT molecular complexity index is 667. The summed E-state index contributed by atoms with van der Waals surface area (Å²) in [6.45, 7) is 6.81. The lowest BCUT2D eigenvalue weighted by atomic mass is 10.1. The first-order valence-electron chi connectivity index (χ1n) is 10.6. The molecule has 6 nitrogen and oxygen atoms in total. The summed E-state index contributed by atoms with van der Waals surface area (Å²) in [7, 11) is 4.09. The Morgan fingerprint density at radius 2 is 1.97 bits per heavy atom. The molecule has 0 aromatic rings. The molecule has 0 aromatic heterocycles. The summed E-state index contributed by atoms with van der Waals surface area (Å²) in [4.78, 5) is 27.1. The molecule has 0 aliphatic heterocycles. The highest BCUT2D eigenvalue weighted by molar-refractivity contribution is 5.85. The average molecular weight is 404 g/mol. The highest BCUT2D eigenvalue weighted by atomic mass is 16.6. The lowest BCUT2D eigenvalue weighted by Gasteiger charge is -2.23. The van der Waals surface area contributed by atoms with Crippen molar-refractivity contribution in [2.45, 2.75) is 64.5 Å². The second-order valence-electron chi connectivity index (χ2n) is 9.35. The van der Waals surface area contributed by atoms with Crippen LogP contribution in [-0.2, 0) is 9.53 Å². The van der Waals surface area contributed by atoms with Crippen molar-refractivity contribution in [3.05, 3.63) is 35.5 Å². The molecule has 2 aliphatic carbocycles. The molecular weight excluding hydrogens is 366 g/mol. The number of alkyl carbamates (subject to hydrolysis) is 1. The van der Waals surface area contributed by atoms with Crippen LogP contribution in [0.15, 0.2) is 35.5 Å². The zero-order valence-electron chi connectivity index (χ0n) is 18.6. The second-order valence-corrected chi connectivity index (χ2v) is 9.35. The van der Waals surface area contributed by atoms with Gasteiger partial charge in [0, 0.05) is 13.1 Å². The van der Waals surface area contributed by atoms with Crippen LogP contribution in [0.25, 0.3) is 0 Å². The summed E-state index contributed by atoms with van der Waals surface area (Å²) >= 11 is 0. The van der Waals surface area contributed by atoms with Crippen LogP contribution in [0.3, 0.4) is 0 Å². The number of carbonyl (C=O) groups is 2. The SMILES string of the molecule is CN(C)CC1=CC=C(CNC(=O)C(CCC2CC2)NC(=O)OC(C)(C)C)CC=C1. The Morgan fingerprint density at radius 1 is 1.24 bits per heavy atom. The molecule has 2 amide bonds. The van der Waals surface area contributed by atoms with Crippen molar-refractivity contribution in [3.8, 4) is 0 Å². The second kappa shape index (κ2) is 10.6. The number of hydrogen-bond acceptors (Lipinski definition) is 4. The maximum atomic E-state index is 12.8. The molecule has 29 heavy (non-hydrogen) atoms. The minimum absolute atomic E-state index is 0.150. The standard InChI is InChI=1S/C23H37N3O3/c1-23(2,3)29-22(28)25-20(14-13-17-9-10-17)21(27)24-15-18-7-6-8-19(12-11-18)16-26(4)5/h6,8,11-12,17,20H,7,9-10,13-16H2,1-5H3,(H,24,27)(H,25,28). The number of rotatable bonds is 9. The van der Waals surface area contributed by atoms with Gasteiger partial charge in [-0.25, -0.2) is 4.79 Å². The molecule has 1 saturated carbocycles. The van der Waals surface area contributed by atoms with Gasteiger partial charge in [-0.2, -0.15) is 0 Å². The Labute approximate surface area is 175 Å². The van der Waals surface area contributed by atoms with Crippen LogP contribution in [0.2, 0.25) is 0 Å². The molecule has 1 unspecified atom stereocenters. The molecule has 2 rings (SSSR count). The maximum Gasteiger partial charge on any atom is 0.408 e. The number of nitrogens with one attached hydrogen (secondary N) is 2. The van der Waals surface area contributed by atoms with Gasteiger partial charge in [0.05, 0.1) is 0 Å². The van der Waals surface area contributed by atoms with E-state index in [0.717, 1.165) is 25.0 Å². The largest absolute Gasteiger partial charge is 0.444 e. The molecule has 162 valence electrons. The van der Waals surface area contributed by atoms with Gasteiger partial charge in [-0.15, -0.1) is 0 Å². The fourth-order valence-corrected chi connectivity index (χ4v) is 3.16. The van der Waals surface area contributed by atoms with Gasteiger partial charge in [-0.1, -0.05) is 37.1 Å². The smallest absolute Gasteiger partial charge is 0.408 e. The van der Waals surface area contributed by atoms with Crippen molar-refractivity contribution < 1.29 is 14.3 Å². The van der Waals surface area contributed by atoms with Crippen molar-refractivity contribution in [2.24, 2.45) is 5.92 Å². The van der Waals surface area contributed by atoms with Crippen molar-refractivity contribution in [3.63, 3.8) is 0 Å². The molecule has 0 spiro atoms. The van der Waals surface area contributed by atoms with E-state index in [1.165, 1.54) is 18.4 Å². The van der Waals surface area contributed by atoms with E-state index in [0.29, 0.717) is 18.9 Å². The predicted octanol–water partition coefficient (Wildman–Crippen LogP) is 3.56. The normalized spacial score (nSPS) is 17.9. The van der Waals surface area contributed by atoms with Gasteiger partial charge >= 0.3 is 6.09 Å². The fraction of sp³-hybridized carbons (Fsp3) is 0.652. The van der Waals surface area contributed by atoms with Gasteiger partial charge in [-0.05, 0) is 71.2 Å². The quantitative estimate of drug-likeness (QED) is 0.618. The van der Waals surface area contributed by atoms with E-state index in [-0.39, 0.29) is 5.91 Å². The van der Waals surface area contributed by atoms with Gasteiger partial charge in [0.15, 0.2) is 0 Å². The van der Waals surface area contributed by atoms with Crippen molar-refractivity contribution in [2.75, 3.05) is 27.2 Å². The molecule has 0 bridgehead atoms. The molecular formula is C23H37N3O3. The molecule has 6 heteroatoms. The highest BCUT2D eigenvalue weighted by Crippen LogP contribution is 2.33.